The summed E-state index contributed by atoms with van der Waals surface area (Å²) in [5.41, 5.74) is 4.56. The molecule has 13 heteroatoms. The number of nitrogens with zero attached hydrogens (tertiary/aromatic N) is 2. The molecule has 2 aromatic rings. The molecule has 0 aliphatic carbocycles. The van der Waals surface area contributed by atoms with Crippen LogP contribution < -0.4 is 11.1 Å². The van der Waals surface area contributed by atoms with Gasteiger partial charge in [0, 0.05) is 30.3 Å². The van der Waals surface area contributed by atoms with E-state index in [4.69, 9.17) is 22.4 Å². The highest BCUT2D eigenvalue weighted by Gasteiger charge is 2.47. The smallest absolute Gasteiger partial charge is 0.303 e. The second-order valence-corrected chi connectivity index (χ2v) is 7.86. The van der Waals surface area contributed by atoms with Crippen LogP contribution in [0.25, 0.3) is 0 Å². The number of nitrogens with two attached hydrogens (primary N) is 1. The molecule has 2 unspecified atom stereocenters. The first-order valence-electron chi connectivity index (χ1n) is 9.81. The molecule has 0 fully saturated rings. The summed E-state index contributed by atoms with van der Waals surface area (Å²) in [7, 11) is 0. The highest BCUT2D eigenvalue weighted by molar-refractivity contribution is 6.31. The number of carbonyl (C=O) groups excluding carboxylic acids is 3. The van der Waals surface area contributed by atoms with E-state index in [2.05, 4.69) is 4.98 Å². The minimum atomic E-state index is -3.71. The normalized spacial score (nSPS) is 15.6. The van der Waals surface area contributed by atoms with Crippen LogP contribution in [0.5, 0.6) is 0 Å². The van der Waals surface area contributed by atoms with E-state index in [-0.39, 0.29) is 29.7 Å². The quantitative estimate of drug-likeness (QED) is 0.452. The lowest BCUT2D eigenvalue weighted by molar-refractivity contribution is -0.137. The lowest BCUT2D eigenvalue weighted by atomic mass is 10.0. The molecule has 3 rings (SSSR count). The molecule has 9 nitrogen and oxygen atoms in total. The zero-order chi connectivity index (χ0) is 25.2. The number of hydrogen-bond donors (Lipinski definition) is 3. The van der Waals surface area contributed by atoms with Gasteiger partial charge in [-0.2, -0.15) is 0 Å². The third kappa shape index (κ3) is 4.81. The van der Waals surface area contributed by atoms with Gasteiger partial charge in [0.2, 0.25) is 5.91 Å². The number of aromatic nitrogens is 1. The van der Waals surface area contributed by atoms with Crippen molar-refractivity contribution in [1.29, 1.82) is 0 Å². The predicted molar refractivity (Wildman–Crippen MR) is 112 cm³/mol. The van der Waals surface area contributed by atoms with Crippen LogP contribution in [0.4, 0.5) is 13.2 Å². The summed E-state index contributed by atoms with van der Waals surface area (Å²) < 4.78 is 42.4. The number of primary amides is 1. The molecule has 0 spiro atoms. The van der Waals surface area contributed by atoms with Crippen molar-refractivity contribution in [1.82, 2.24) is 15.2 Å². The molecular formula is C21H18ClF3N4O5. The summed E-state index contributed by atoms with van der Waals surface area (Å²) in [4.78, 5) is 52.6. The largest absolute Gasteiger partial charge is 0.481 e. The Hall–Kier alpha value is -3.67. The summed E-state index contributed by atoms with van der Waals surface area (Å²) >= 11 is 5.79. The number of pyridine rings is 1. The van der Waals surface area contributed by atoms with Crippen LogP contribution in [0.2, 0.25) is 5.02 Å². The topological polar surface area (TPSA) is 143 Å². The van der Waals surface area contributed by atoms with Crippen molar-refractivity contribution in [2.75, 3.05) is 0 Å². The van der Waals surface area contributed by atoms with Gasteiger partial charge in [0.05, 0.1) is 5.02 Å². The van der Waals surface area contributed by atoms with Crippen LogP contribution in [0, 0.1) is 0 Å². The Morgan fingerprint density at radius 1 is 1.29 bits per heavy atom. The lowest BCUT2D eigenvalue weighted by Gasteiger charge is -2.26. The number of halogens is 4. The summed E-state index contributed by atoms with van der Waals surface area (Å²) in [6, 6.07) is 4.76. The molecule has 0 bridgehead atoms. The van der Waals surface area contributed by atoms with E-state index in [1.807, 2.05) is 0 Å². The molecule has 2 heterocycles. The van der Waals surface area contributed by atoms with Crippen LogP contribution in [0.3, 0.4) is 0 Å². The fourth-order valence-electron chi connectivity index (χ4n) is 3.56. The number of rotatable bonds is 9. The Bertz CT molecular complexity index is 1160. The lowest BCUT2D eigenvalue weighted by Crippen LogP contribution is -2.48. The molecule has 2 atom stereocenters. The van der Waals surface area contributed by atoms with Crippen molar-refractivity contribution >= 4 is 35.3 Å². The number of fused-ring (bicyclic) bond motifs is 1. The molecule has 1 aliphatic heterocycles. The first-order valence-corrected chi connectivity index (χ1v) is 10.2. The number of nitrogens with one attached hydrogen (secondary N) is 1. The number of carbonyl (C=O) groups is 4. The van der Waals surface area contributed by atoms with E-state index in [9.17, 15) is 28.0 Å². The van der Waals surface area contributed by atoms with Crippen molar-refractivity contribution in [3.05, 3.63) is 63.9 Å². The van der Waals surface area contributed by atoms with Crippen molar-refractivity contribution < 1.29 is 37.5 Å². The maximum absolute atomic E-state index is 15.2. The Labute approximate surface area is 195 Å². The molecule has 0 saturated carbocycles. The second-order valence-electron chi connectivity index (χ2n) is 7.46. The molecule has 1 aromatic heterocycles. The van der Waals surface area contributed by atoms with Crippen LogP contribution in [0.1, 0.15) is 44.8 Å². The van der Waals surface area contributed by atoms with Crippen molar-refractivity contribution in [2.45, 2.75) is 37.6 Å². The SMILES string of the molecule is NC(=O)C(CCC(=O)O)N1Cc2cc(C(=O)NC(F)(c3ncccc3Cl)C(F)F)ccc2C1=O. The Morgan fingerprint density at radius 3 is 2.59 bits per heavy atom. The van der Waals surface area contributed by atoms with E-state index < -0.39 is 59.1 Å². The van der Waals surface area contributed by atoms with E-state index in [0.717, 1.165) is 23.2 Å². The number of carboxylic acid groups (broad SMARTS) is 1. The molecular weight excluding hydrogens is 481 g/mol. The van der Waals surface area contributed by atoms with Gasteiger partial charge in [0.25, 0.3) is 24.0 Å². The molecule has 1 aromatic carbocycles. The number of alkyl halides is 3. The summed E-state index contributed by atoms with van der Waals surface area (Å²) in [5.74, 6) is -7.63. The standard InChI is InChI=1S/C21H18ClF3N4O5/c22-13-2-1-7-27-16(13)21(25,20(23)24)28-18(33)10-3-4-12-11(8-10)9-29(19(12)34)14(17(26)32)5-6-15(30)31/h1-4,7-8,14,20H,5-6,9H2,(H2,26,32)(H,28,33)(H,30,31). The maximum atomic E-state index is 15.2. The zero-order valence-corrected chi connectivity index (χ0v) is 18.1. The van der Waals surface area contributed by atoms with Crippen LogP contribution in [-0.4, -0.2) is 51.1 Å². The fraction of sp³-hybridized carbons (Fsp3) is 0.286. The van der Waals surface area contributed by atoms with Crippen LogP contribution in [0.15, 0.2) is 36.5 Å². The Kier molecular flexibility index (Phi) is 7.10. The van der Waals surface area contributed by atoms with Gasteiger partial charge in [0.15, 0.2) is 0 Å². The number of aliphatic carboxylic acids is 1. The first kappa shape index (κ1) is 25.0. The summed E-state index contributed by atoms with van der Waals surface area (Å²) in [5, 5.41) is 10.1. The van der Waals surface area contributed by atoms with Gasteiger partial charge in [-0.1, -0.05) is 11.6 Å². The van der Waals surface area contributed by atoms with E-state index in [1.54, 1.807) is 5.32 Å². The summed E-state index contributed by atoms with van der Waals surface area (Å²) in [6.45, 7) is -0.190. The van der Waals surface area contributed by atoms with Gasteiger partial charge in [-0.25, -0.2) is 13.2 Å². The van der Waals surface area contributed by atoms with Crippen LogP contribution >= 0.6 is 11.6 Å². The minimum absolute atomic E-state index is 0.103. The number of hydrogen-bond acceptors (Lipinski definition) is 5. The fourth-order valence-corrected chi connectivity index (χ4v) is 3.82. The number of carboxylic acids is 1. The predicted octanol–water partition coefficient (Wildman–Crippen LogP) is 2.23. The third-order valence-electron chi connectivity index (χ3n) is 5.23. The van der Waals surface area contributed by atoms with Crippen molar-refractivity contribution in [3.8, 4) is 0 Å². The van der Waals surface area contributed by atoms with E-state index >= 15 is 4.39 Å². The van der Waals surface area contributed by atoms with Gasteiger partial charge in [0.1, 0.15) is 11.7 Å². The van der Waals surface area contributed by atoms with Crippen molar-refractivity contribution in [2.24, 2.45) is 5.73 Å². The minimum Gasteiger partial charge on any atom is -0.481 e. The molecule has 1 aliphatic rings. The number of amides is 3. The maximum Gasteiger partial charge on any atom is 0.303 e. The summed E-state index contributed by atoms with van der Waals surface area (Å²) in [6.07, 6.45) is -3.30. The second kappa shape index (κ2) is 9.67. The molecule has 3 amide bonds. The van der Waals surface area contributed by atoms with Gasteiger partial charge >= 0.3 is 5.97 Å². The average Bonchev–Trinajstić information content (AvgIpc) is 3.09. The highest BCUT2D eigenvalue weighted by atomic mass is 35.5. The van der Waals surface area contributed by atoms with Gasteiger partial charge in [-0.15, -0.1) is 0 Å². The van der Waals surface area contributed by atoms with E-state index in [0.29, 0.717) is 0 Å². The highest BCUT2D eigenvalue weighted by Crippen LogP contribution is 2.34. The van der Waals surface area contributed by atoms with Gasteiger partial charge in [-0.3, -0.25) is 24.2 Å². The average molecular weight is 499 g/mol. The first-order chi connectivity index (χ1) is 16.0. The van der Waals surface area contributed by atoms with Gasteiger partial charge < -0.3 is 21.1 Å². The third-order valence-corrected chi connectivity index (χ3v) is 5.54. The van der Waals surface area contributed by atoms with Crippen LogP contribution in [-0.2, 0) is 21.9 Å². The van der Waals surface area contributed by atoms with E-state index in [1.165, 1.54) is 18.2 Å². The monoisotopic (exact) mass is 498 g/mol. The van der Waals surface area contributed by atoms with Gasteiger partial charge in [-0.05, 0) is 42.3 Å². The molecule has 180 valence electrons. The Balaban J connectivity index is 1.86. The van der Waals surface area contributed by atoms with Crippen molar-refractivity contribution in [3.63, 3.8) is 0 Å². The molecule has 34 heavy (non-hydrogen) atoms. The number of benzene rings is 1. The Morgan fingerprint density at radius 2 is 2.00 bits per heavy atom. The molecule has 0 radical (unpaired) electrons. The molecule has 0 saturated heterocycles. The zero-order valence-electron chi connectivity index (χ0n) is 17.3. The molecule has 4 N–H and O–H groups in total.